The average Bonchev–Trinajstić information content (AvgIpc) is 1.78. The van der Waals surface area contributed by atoms with Crippen LogP contribution in [0.25, 0.3) is 0 Å². The summed E-state index contributed by atoms with van der Waals surface area (Å²) in [5.74, 6) is 0. The van der Waals surface area contributed by atoms with Gasteiger partial charge in [0.15, 0.2) is 0 Å². The summed E-state index contributed by atoms with van der Waals surface area (Å²) in [5.41, 5.74) is 0. The Morgan fingerprint density at radius 2 is 2.08 bits per heavy atom. The SMILES string of the molecule is CCCOP(=O)(F)NS(=O)(=O)F. The first-order valence-corrected chi connectivity index (χ1v) is 5.84. The molecule has 0 saturated heterocycles. The Hall–Kier alpha value is -0.0400. The predicted octanol–water partition coefficient (Wildman–Crippen LogP) is 1.29. The Kier molecular flexibility index (Phi) is 4.25. The van der Waals surface area contributed by atoms with Gasteiger partial charge in [0.2, 0.25) is 0 Å². The molecule has 1 N–H and O–H groups in total. The van der Waals surface area contributed by atoms with Crippen molar-refractivity contribution in [3.8, 4) is 0 Å². The maximum absolute atomic E-state index is 12.4. The van der Waals surface area contributed by atoms with Crippen molar-refractivity contribution in [3.63, 3.8) is 0 Å². The summed E-state index contributed by atoms with van der Waals surface area (Å²) in [6.07, 6.45) is 0.335. The van der Waals surface area contributed by atoms with Crippen molar-refractivity contribution in [2.24, 2.45) is 0 Å². The van der Waals surface area contributed by atoms with Crippen LogP contribution in [0.4, 0.5) is 8.08 Å². The zero-order valence-electron chi connectivity index (χ0n) is 6.16. The van der Waals surface area contributed by atoms with Crippen molar-refractivity contribution < 1.29 is 25.6 Å². The minimum Gasteiger partial charge on any atom is -0.293 e. The summed E-state index contributed by atoms with van der Waals surface area (Å²) < 4.78 is 58.4. The minimum atomic E-state index is -5.33. The Labute approximate surface area is 69.1 Å². The number of hydrogen-bond acceptors (Lipinski definition) is 4. The first kappa shape index (κ1) is 12.0. The molecule has 0 aromatic rings. The van der Waals surface area contributed by atoms with E-state index in [1.165, 1.54) is 0 Å². The molecule has 1 atom stereocenters. The smallest absolute Gasteiger partial charge is 0.293 e. The first-order valence-electron chi connectivity index (χ1n) is 2.95. The van der Waals surface area contributed by atoms with Gasteiger partial charge in [-0.2, -0.15) is 8.42 Å². The third-order valence-corrected chi connectivity index (χ3v) is 2.94. The van der Waals surface area contributed by atoms with Crippen molar-refractivity contribution in [2.75, 3.05) is 6.61 Å². The van der Waals surface area contributed by atoms with Gasteiger partial charge >= 0.3 is 18.2 Å². The van der Waals surface area contributed by atoms with E-state index in [0.717, 1.165) is 0 Å². The number of hydrogen-bond donors (Lipinski definition) is 1. The molecule has 1 unspecified atom stereocenters. The van der Waals surface area contributed by atoms with Crippen molar-refractivity contribution in [1.82, 2.24) is 4.49 Å². The van der Waals surface area contributed by atoms with Crippen LogP contribution in [-0.2, 0) is 19.5 Å². The number of rotatable bonds is 5. The van der Waals surface area contributed by atoms with Gasteiger partial charge < -0.3 is 0 Å². The molecule has 12 heavy (non-hydrogen) atoms. The third kappa shape index (κ3) is 6.66. The molecule has 0 aromatic heterocycles. The lowest BCUT2D eigenvalue weighted by Crippen LogP contribution is -2.15. The van der Waals surface area contributed by atoms with Gasteiger partial charge in [0.05, 0.1) is 6.61 Å². The van der Waals surface area contributed by atoms with Crippen LogP contribution in [0.1, 0.15) is 13.3 Å². The molecule has 0 spiro atoms. The Bertz CT molecular complexity index is 278. The lowest BCUT2D eigenvalue weighted by molar-refractivity contribution is 0.283. The molecule has 5 nitrogen and oxygen atoms in total. The van der Waals surface area contributed by atoms with E-state index in [9.17, 15) is 21.1 Å². The number of nitrogens with one attached hydrogen (secondary N) is 1. The van der Waals surface area contributed by atoms with E-state index < -0.39 is 18.2 Å². The molecule has 0 aliphatic heterocycles. The second-order valence-electron chi connectivity index (χ2n) is 1.84. The lowest BCUT2D eigenvalue weighted by atomic mass is 10.5. The van der Waals surface area contributed by atoms with Crippen LogP contribution in [0.15, 0.2) is 0 Å². The molecule has 0 aliphatic rings. The third-order valence-electron chi connectivity index (χ3n) is 0.680. The molecule has 0 aromatic carbocycles. The molecule has 0 bridgehead atoms. The quantitative estimate of drug-likeness (QED) is 0.563. The van der Waals surface area contributed by atoms with Crippen LogP contribution in [0.3, 0.4) is 0 Å². The molecule has 9 heteroatoms. The van der Waals surface area contributed by atoms with Crippen molar-refractivity contribution in [3.05, 3.63) is 0 Å². The van der Waals surface area contributed by atoms with Gasteiger partial charge in [-0.25, -0.2) is 4.57 Å². The van der Waals surface area contributed by atoms with Crippen LogP contribution >= 0.6 is 7.83 Å². The normalized spacial score (nSPS) is 17.2. The van der Waals surface area contributed by atoms with Gasteiger partial charge in [-0.1, -0.05) is 15.3 Å². The Balaban J connectivity index is 4.15. The van der Waals surface area contributed by atoms with Crippen molar-refractivity contribution in [2.45, 2.75) is 13.3 Å². The van der Waals surface area contributed by atoms with E-state index in [1.54, 1.807) is 6.92 Å². The van der Waals surface area contributed by atoms with E-state index in [-0.39, 0.29) is 6.61 Å². The maximum Gasteiger partial charge on any atom is 0.458 e. The molecule has 74 valence electrons. The molecule has 0 saturated carbocycles. The molecule has 0 heterocycles. The highest BCUT2D eigenvalue weighted by atomic mass is 32.3. The van der Waals surface area contributed by atoms with Crippen LogP contribution < -0.4 is 4.49 Å². The zero-order valence-corrected chi connectivity index (χ0v) is 7.87. The zero-order chi connectivity index (χ0) is 9.83. The van der Waals surface area contributed by atoms with Crippen LogP contribution in [0.5, 0.6) is 0 Å². The highest BCUT2D eigenvalue weighted by molar-refractivity contribution is 7.90. The summed E-state index contributed by atoms with van der Waals surface area (Å²) in [6.45, 7) is 1.33. The Morgan fingerprint density at radius 1 is 1.58 bits per heavy atom. The summed E-state index contributed by atoms with van der Waals surface area (Å²) in [4.78, 5) is 0. The summed E-state index contributed by atoms with van der Waals surface area (Å²) in [6, 6.07) is 0. The van der Waals surface area contributed by atoms with E-state index >= 15 is 0 Å². The van der Waals surface area contributed by atoms with E-state index in [2.05, 4.69) is 4.52 Å². The van der Waals surface area contributed by atoms with Gasteiger partial charge in [0.25, 0.3) is 0 Å². The van der Waals surface area contributed by atoms with Gasteiger partial charge in [0.1, 0.15) is 0 Å². The van der Waals surface area contributed by atoms with Gasteiger partial charge in [-0.3, -0.25) is 4.52 Å². The second-order valence-corrected chi connectivity index (χ2v) is 4.67. The molecule has 0 rings (SSSR count). The molecule has 0 amide bonds. The monoisotopic (exact) mass is 223 g/mol. The van der Waals surface area contributed by atoms with Crippen molar-refractivity contribution in [1.29, 1.82) is 0 Å². The maximum atomic E-state index is 12.4. The van der Waals surface area contributed by atoms with Crippen LogP contribution in [-0.4, -0.2) is 15.0 Å². The number of halogens is 2. The second kappa shape index (κ2) is 4.27. The van der Waals surface area contributed by atoms with Crippen LogP contribution in [0.2, 0.25) is 0 Å². The molecular formula is C3H8F2NO4PS. The standard InChI is InChI=1S/C3H8F2NO4PS/c1-2-3-10-11(4,7)6-12(5,8)9/h2-3H2,1H3,(H,6,7). The summed E-state index contributed by atoms with van der Waals surface area (Å²) in [7, 11) is -10.4. The summed E-state index contributed by atoms with van der Waals surface area (Å²) in [5, 5.41) is 0. The topological polar surface area (TPSA) is 72.5 Å². The van der Waals surface area contributed by atoms with E-state index in [0.29, 0.717) is 10.9 Å². The van der Waals surface area contributed by atoms with Gasteiger partial charge in [-0.05, 0) is 6.42 Å². The highest BCUT2D eigenvalue weighted by Gasteiger charge is 2.28. The predicted molar refractivity (Wildman–Crippen MR) is 38.1 cm³/mol. The van der Waals surface area contributed by atoms with E-state index in [1.807, 2.05) is 0 Å². The fraction of sp³-hybridized carbons (Fsp3) is 1.00. The fourth-order valence-corrected chi connectivity index (χ4v) is 2.04. The molecule has 0 aliphatic carbocycles. The minimum absolute atomic E-state index is 0.254. The molecule has 0 radical (unpaired) electrons. The lowest BCUT2D eigenvalue weighted by Gasteiger charge is -2.06. The summed E-state index contributed by atoms with van der Waals surface area (Å²) >= 11 is 0. The average molecular weight is 223 g/mol. The largest absolute Gasteiger partial charge is 0.458 e. The fourth-order valence-electron chi connectivity index (χ4n) is 0.365. The van der Waals surface area contributed by atoms with Gasteiger partial charge in [0, 0.05) is 0 Å². The van der Waals surface area contributed by atoms with E-state index in [4.69, 9.17) is 0 Å². The van der Waals surface area contributed by atoms with Crippen LogP contribution in [0, 0.1) is 0 Å². The Morgan fingerprint density at radius 3 is 2.42 bits per heavy atom. The molecular weight excluding hydrogens is 215 g/mol. The van der Waals surface area contributed by atoms with Gasteiger partial charge in [-0.15, -0.1) is 4.20 Å². The first-order chi connectivity index (χ1) is 5.27. The van der Waals surface area contributed by atoms with Crippen molar-refractivity contribution >= 4 is 18.2 Å². The molecule has 0 fully saturated rings. The highest BCUT2D eigenvalue weighted by Crippen LogP contribution is 2.44.